The van der Waals surface area contributed by atoms with Crippen molar-refractivity contribution in [1.82, 2.24) is 19.7 Å². The number of nitrogens with zero attached hydrogens (tertiary/aromatic N) is 4. The van der Waals surface area contributed by atoms with E-state index in [9.17, 15) is 4.79 Å². The predicted octanol–water partition coefficient (Wildman–Crippen LogP) is 3.38. The van der Waals surface area contributed by atoms with Crippen LogP contribution in [0.2, 0.25) is 0 Å². The second-order valence-electron chi connectivity index (χ2n) is 6.34. The minimum Gasteiger partial charge on any atom is -0.342 e. The van der Waals surface area contributed by atoms with Gasteiger partial charge >= 0.3 is 0 Å². The van der Waals surface area contributed by atoms with Gasteiger partial charge in [-0.1, -0.05) is 30.7 Å². The number of benzene rings is 1. The van der Waals surface area contributed by atoms with Gasteiger partial charge in [0.1, 0.15) is 6.33 Å². The molecule has 1 amide bonds. The number of thioether (sulfide) groups is 1. The molecule has 0 N–H and O–H groups in total. The van der Waals surface area contributed by atoms with Crippen LogP contribution >= 0.6 is 11.8 Å². The average molecular weight is 344 g/mol. The van der Waals surface area contributed by atoms with Gasteiger partial charge in [-0.25, -0.2) is 0 Å². The third kappa shape index (κ3) is 3.98. The van der Waals surface area contributed by atoms with E-state index in [-0.39, 0.29) is 5.91 Å². The summed E-state index contributed by atoms with van der Waals surface area (Å²) < 4.78 is 1.95. The second kappa shape index (κ2) is 7.83. The van der Waals surface area contributed by atoms with Crippen molar-refractivity contribution in [3.8, 4) is 5.69 Å². The molecule has 128 valence electrons. The molecule has 0 aliphatic carbocycles. The lowest BCUT2D eigenvalue weighted by Crippen LogP contribution is -2.33. The minimum atomic E-state index is 0.205. The molecular formula is C18H24N4OS. The molecule has 1 aromatic heterocycles. The number of aromatic nitrogens is 3. The Morgan fingerprint density at radius 2 is 1.88 bits per heavy atom. The minimum absolute atomic E-state index is 0.205. The normalized spacial score (nSPS) is 15.3. The monoisotopic (exact) mass is 344 g/mol. The maximum atomic E-state index is 12.4. The number of hydrogen-bond donors (Lipinski definition) is 0. The molecule has 1 aliphatic heterocycles. The summed E-state index contributed by atoms with van der Waals surface area (Å²) in [7, 11) is 0. The van der Waals surface area contributed by atoms with Crippen LogP contribution in [0.5, 0.6) is 0 Å². The second-order valence-corrected chi connectivity index (χ2v) is 7.28. The molecular weight excluding hydrogens is 320 g/mol. The summed E-state index contributed by atoms with van der Waals surface area (Å²) in [6.45, 7) is 5.98. The number of rotatable bonds is 4. The van der Waals surface area contributed by atoms with Crippen LogP contribution in [0.1, 0.15) is 36.8 Å². The van der Waals surface area contributed by atoms with Crippen LogP contribution in [-0.4, -0.2) is 44.4 Å². The summed E-state index contributed by atoms with van der Waals surface area (Å²) in [4.78, 5) is 14.4. The molecule has 3 rings (SSSR count). The van der Waals surface area contributed by atoms with E-state index in [1.165, 1.54) is 35.7 Å². The Bertz CT molecular complexity index is 705. The first-order chi connectivity index (χ1) is 11.6. The first-order valence-corrected chi connectivity index (χ1v) is 9.52. The van der Waals surface area contributed by atoms with Crippen LogP contribution in [0.3, 0.4) is 0 Å². The van der Waals surface area contributed by atoms with Crippen molar-refractivity contribution in [2.24, 2.45) is 0 Å². The van der Waals surface area contributed by atoms with Gasteiger partial charge in [-0.05, 0) is 49.9 Å². The summed E-state index contributed by atoms with van der Waals surface area (Å²) in [5, 5.41) is 8.97. The molecule has 1 aromatic carbocycles. The van der Waals surface area contributed by atoms with E-state index in [1.807, 2.05) is 9.47 Å². The van der Waals surface area contributed by atoms with Crippen molar-refractivity contribution in [2.75, 3.05) is 18.8 Å². The number of hydrogen-bond acceptors (Lipinski definition) is 4. The zero-order valence-corrected chi connectivity index (χ0v) is 15.2. The lowest BCUT2D eigenvalue weighted by Gasteiger charge is -2.19. The first-order valence-electron chi connectivity index (χ1n) is 8.53. The molecule has 0 spiro atoms. The smallest absolute Gasteiger partial charge is 0.233 e. The first kappa shape index (κ1) is 17.0. The predicted molar refractivity (Wildman–Crippen MR) is 96.6 cm³/mol. The van der Waals surface area contributed by atoms with E-state index in [0.717, 1.165) is 36.8 Å². The molecule has 0 atom stereocenters. The van der Waals surface area contributed by atoms with E-state index < -0.39 is 0 Å². The summed E-state index contributed by atoms with van der Waals surface area (Å²) in [5.74, 6) is 0.625. The van der Waals surface area contributed by atoms with Gasteiger partial charge in [-0.2, -0.15) is 0 Å². The SMILES string of the molecule is Cc1ccc(-n2cnnc2SCC(=O)N2CCCCCC2)cc1C. The van der Waals surface area contributed by atoms with Gasteiger partial charge in [0.2, 0.25) is 5.91 Å². The number of aryl methyl sites for hydroxylation is 2. The topological polar surface area (TPSA) is 51.0 Å². The fraction of sp³-hybridized carbons (Fsp3) is 0.500. The van der Waals surface area contributed by atoms with E-state index in [1.54, 1.807) is 6.33 Å². The van der Waals surface area contributed by atoms with E-state index in [2.05, 4.69) is 42.2 Å². The van der Waals surface area contributed by atoms with Crippen LogP contribution in [0, 0.1) is 13.8 Å². The average Bonchev–Trinajstić information content (AvgIpc) is 2.87. The summed E-state index contributed by atoms with van der Waals surface area (Å²) in [5.41, 5.74) is 3.53. The van der Waals surface area contributed by atoms with Crippen molar-refractivity contribution < 1.29 is 4.79 Å². The van der Waals surface area contributed by atoms with Crippen LogP contribution in [0.4, 0.5) is 0 Å². The number of carbonyl (C=O) groups is 1. The molecule has 0 saturated carbocycles. The molecule has 1 saturated heterocycles. The van der Waals surface area contributed by atoms with E-state index >= 15 is 0 Å². The molecule has 5 nitrogen and oxygen atoms in total. The zero-order valence-electron chi connectivity index (χ0n) is 14.4. The zero-order chi connectivity index (χ0) is 16.9. The summed E-state index contributed by atoms with van der Waals surface area (Å²) in [6.07, 6.45) is 6.42. The highest BCUT2D eigenvalue weighted by molar-refractivity contribution is 7.99. The van der Waals surface area contributed by atoms with Crippen LogP contribution in [-0.2, 0) is 4.79 Å². The Kier molecular flexibility index (Phi) is 5.56. The Morgan fingerprint density at radius 1 is 1.12 bits per heavy atom. The standard InChI is InChI=1S/C18H24N4OS/c1-14-7-8-16(11-15(14)2)22-13-19-20-18(22)24-12-17(23)21-9-5-3-4-6-10-21/h7-8,11,13H,3-6,9-10,12H2,1-2H3. The molecule has 0 bridgehead atoms. The fourth-order valence-electron chi connectivity index (χ4n) is 2.91. The third-order valence-corrected chi connectivity index (χ3v) is 5.50. The van der Waals surface area contributed by atoms with Gasteiger partial charge in [0.25, 0.3) is 0 Å². The molecule has 0 radical (unpaired) electrons. The van der Waals surface area contributed by atoms with Gasteiger partial charge < -0.3 is 4.90 Å². The van der Waals surface area contributed by atoms with Crippen molar-refractivity contribution in [2.45, 2.75) is 44.7 Å². The van der Waals surface area contributed by atoms with Gasteiger partial charge in [0.05, 0.1) is 5.75 Å². The maximum absolute atomic E-state index is 12.4. The Labute approximate surface area is 147 Å². The largest absolute Gasteiger partial charge is 0.342 e. The lowest BCUT2D eigenvalue weighted by atomic mass is 10.1. The fourth-order valence-corrected chi connectivity index (χ4v) is 3.74. The maximum Gasteiger partial charge on any atom is 0.233 e. The lowest BCUT2D eigenvalue weighted by molar-refractivity contribution is -0.128. The Balaban J connectivity index is 1.67. The highest BCUT2D eigenvalue weighted by Crippen LogP contribution is 2.22. The van der Waals surface area contributed by atoms with Crippen LogP contribution in [0.25, 0.3) is 5.69 Å². The highest BCUT2D eigenvalue weighted by Gasteiger charge is 2.17. The highest BCUT2D eigenvalue weighted by atomic mass is 32.2. The Morgan fingerprint density at radius 3 is 2.58 bits per heavy atom. The molecule has 24 heavy (non-hydrogen) atoms. The van der Waals surface area contributed by atoms with Crippen LogP contribution in [0.15, 0.2) is 29.7 Å². The number of carbonyl (C=O) groups excluding carboxylic acids is 1. The molecule has 6 heteroatoms. The van der Waals surface area contributed by atoms with Crippen molar-refractivity contribution in [3.05, 3.63) is 35.7 Å². The summed E-state index contributed by atoms with van der Waals surface area (Å²) >= 11 is 1.47. The van der Waals surface area contributed by atoms with Crippen molar-refractivity contribution in [1.29, 1.82) is 0 Å². The van der Waals surface area contributed by atoms with Crippen LogP contribution < -0.4 is 0 Å². The third-order valence-electron chi connectivity index (χ3n) is 4.57. The number of amides is 1. The molecule has 1 fully saturated rings. The molecule has 2 aromatic rings. The van der Waals surface area contributed by atoms with E-state index in [4.69, 9.17) is 0 Å². The van der Waals surface area contributed by atoms with Gasteiger partial charge in [-0.3, -0.25) is 9.36 Å². The molecule has 1 aliphatic rings. The van der Waals surface area contributed by atoms with E-state index in [0.29, 0.717) is 5.75 Å². The van der Waals surface area contributed by atoms with Gasteiger partial charge in [0, 0.05) is 18.8 Å². The van der Waals surface area contributed by atoms with Gasteiger partial charge in [0.15, 0.2) is 5.16 Å². The number of likely N-dealkylation sites (tertiary alicyclic amines) is 1. The van der Waals surface area contributed by atoms with Crippen molar-refractivity contribution in [3.63, 3.8) is 0 Å². The molecule has 2 heterocycles. The summed E-state index contributed by atoms with van der Waals surface area (Å²) in [6, 6.07) is 6.28. The van der Waals surface area contributed by atoms with Crippen molar-refractivity contribution >= 4 is 17.7 Å². The van der Waals surface area contributed by atoms with Gasteiger partial charge in [-0.15, -0.1) is 10.2 Å². The quantitative estimate of drug-likeness (QED) is 0.798. The molecule has 0 unspecified atom stereocenters. The Hall–Kier alpha value is -1.82.